The van der Waals surface area contributed by atoms with Gasteiger partial charge in [0.25, 0.3) is 0 Å². The van der Waals surface area contributed by atoms with Crippen LogP contribution in [0.3, 0.4) is 0 Å². The molecular weight excluding hydrogens is 500 g/mol. The number of para-hydroxylation sites is 1. The molecule has 3 aromatic rings. The van der Waals surface area contributed by atoms with Crippen LogP contribution in [0.15, 0.2) is 54.6 Å². The molecule has 3 amide bonds. The van der Waals surface area contributed by atoms with Gasteiger partial charge in [-0.2, -0.15) is 0 Å². The molecule has 3 N–H and O–H groups in total. The summed E-state index contributed by atoms with van der Waals surface area (Å²) < 4.78 is 8.05. The van der Waals surface area contributed by atoms with Crippen molar-refractivity contribution in [1.82, 2.24) is 30.5 Å². The number of fused-ring (bicyclic) bond motifs is 2. The van der Waals surface area contributed by atoms with Crippen molar-refractivity contribution < 1.29 is 24.2 Å². The van der Waals surface area contributed by atoms with Crippen LogP contribution in [0.1, 0.15) is 37.8 Å². The van der Waals surface area contributed by atoms with Crippen LogP contribution < -0.4 is 10.6 Å². The van der Waals surface area contributed by atoms with Crippen LogP contribution in [0, 0.1) is 11.8 Å². The first-order valence-corrected chi connectivity index (χ1v) is 13.5. The maximum atomic E-state index is 14.2. The summed E-state index contributed by atoms with van der Waals surface area (Å²) >= 11 is 0. The van der Waals surface area contributed by atoms with Crippen molar-refractivity contribution in [3.63, 3.8) is 0 Å². The van der Waals surface area contributed by atoms with Gasteiger partial charge in [0, 0.05) is 6.54 Å². The third kappa shape index (κ3) is 3.99. The number of benzene rings is 2. The molecule has 11 heteroatoms. The monoisotopic (exact) mass is 532 g/mol. The van der Waals surface area contributed by atoms with Crippen LogP contribution in [0.2, 0.25) is 0 Å². The number of amides is 3. The number of likely N-dealkylation sites (tertiary alicyclic amines) is 1. The van der Waals surface area contributed by atoms with Crippen molar-refractivity contribution in [2.75, 3.05) is 13.2 Å². The number of ether oxygens (including phenoxy) is 1. The van der Waals surface area contributed by atoms with Crippen molar-refractivity contribution in [2.24, 2.45) is 11.8 Å². The Kier molecular flexibility index (Phi) is 6.56. The summed E-state index contributed by atoms with van der Waals surface area (Å²) in [4.78, 5) is 42.9. The van der Waals surface area contributed by atoms with E-state index in [0.29, 0.717) is 30.5 Å². The van der Waals surface area contributed by atoms with Gasteiger partial charge in [0.15, 0.2) is 0 Å². The Morgan fingerprint density at radius 3 is 2.67 bits per heavy atom. The second kappa shape index (κ2) is 10.0. The minimum absolute atomic E-state index is 0.0393. The van der Waals surface area contributed by atoms with Gasteiger partial charge in [0.1, 0.15) is 23.8 Å². The second-order valence-corrected chi connectivity index (χ2v) is 10.5. The Balaban J connectivity index is 1.36. The smallest absolute Gasteiger partial charge is 0.247 e. The van der Waals surface area contributed by atoms with Gasteiger partial charge in [-0.15, -0.1) is 5.10 Å². The van der Waals surface area contributed by atoms with Gasteiger partial charge < -0.3 is 25.4 Å². The lowest BCUT2D eigenvalue weighted by Crippen LogP contribution is -2.56. The fraction of sp³-hybridized carbons (Fsp3) is 0.464. The molecule has 6 atom stereocenters. The largest absolute Gasteiger partial charge is 0.394 e. The van der Waals surface area contributed by atoms with Crippen molar-refractivity contribution in [3.05, 3.63) is 60.2 Å². The Bertz CT molecular complexity index is 1400. The second-order valence-electron chi connectivity index (χ2n) is 10.5. The van der Waals surface area contributed by atoms with E-state index >= 15 is 0 Å². The molecule has 4 heterocycles. The molecule has 2 bridgehead atoms. The fourth-order valence-corrected chi connectivity index (χ4v) is 6.71. The van der Waals surface area contributed by atoms with Crippen LogP contribution in [0.25, 0.3) is 11.0 Å². The first-order valence-electron chi connectivity index (χ1n) is 13.5. The highest BCUT2D eigenvalue weighted by molar-refractivity contribution is 5.99. The topological polar surface area (TPSA) is 139 Å². The molecule has 39 heavy (non-hydrogen) atoms. The van der Waals surface area contributed by atoms with Crippen LogP contribution in [-0.2, 0) is 25.8 Å². The summed E-state index contributed by atoms with van der Waals surface area (Å²) in [7, 11) is 0. The van der Waals surface area contributed by atoms with E-state index < -0.39 is 41.5 Å². The molecule has 2 aromatic carbocycles. The number of nitrogens with one attached hydrogen (secondary N) is 2. The van der Waals surface area contributed by atoms with E-state index in [1.165, 1.54) is 4.90 Å². The average molecular weight is 533 g/mol. The number of rotatable bonds is 9. The molecule has 11 nitrogen and oxygen atoms in total. The normalized spacial score (nSPS) is 28.1. The average Bonchev–Trinajstić information content (AvgIpc) is 3.71. The van der Waals surface area contributed by atoms with Crippen LogP contribution in [0.4, 0.5) is 0 Å². The predicted molar refractivity (Wildman–Crippen MR) is 140 cm³/mol. The van der Waals surface area contributed by atoms with Gasteiger partial charge in [-0.1, -0.05) is 54.6 Å². The number of aromatic nitrogens is 3. The first-order chi connectivity index (χ1) is 19.0. The van der Waals surface area contributed by atoms with Crippen molar-refractivity contribution >= 4 is 28.8 Å². The van der Waals surface area contributed by atoms with Gasteiger partial charge in [-0.05, 0) is 37.0 Å². The van der Waals surface area contributed by atoms with E-state index in [2.05, 4.69) is 20.9 Å². The summed E-state index contributed by atoms with van der Waals surface area (Å²) in [5.74, 6) is -2.49. The van der Waals surface area contributed by atoms with Gasteiger partial charge in [0.2, 0.25) is 17.7 Å². The van der Waals surface area contributed by atoms with E-state index in [1.54, 1.807) is 4.68 Å². The molecule has 3 aliphatic heterocycles. The molecule has 204 valence electrons. The lowest BCUT2D eigenvalue weighted by molar-refractivity contribution is -0.146. The zero-order valence-electron chi connectivity index (χ0n) is 21.7. The summed E-state index contributed by atoms with van der Waals surface area (Å²) in [6.07, 6.45) is 1.38. The molecule has 3 aliphatic rings. The number of aliphatic hydroxyl groups is 1. The van der Waals surface area contributed by atoms with Crippen molar-refractivity contribution in [1.29, 1.82) is 0 Å². The third-order valence-electron chi connectivity index (χ3n) is 8.35. The first kappa shape index (κ1) is 25.4. The molecule has 3 fully saturated rings. The van der Waals surface area contributed by atoms with Crippen molar-refractivity contribution in [2.45, 2.75) is 56.6 Å². The number of hydrogen-bond donors (Lipinski definition) is 3. The highest BCUT2D eigenvalue weighted by atomic mass is 16.5. The maximum absolute atomic E-state index is 14.2. The summed E-state index contributed by atoms with van der Waals surface area (Å²) in [5.41, 5.74) is 1.00. The number of carbonyl (C=O) groups is 3. The molecule has 1 aromatic heterocycles. The zero-order chi connectivity index (χ0) is 27.1. The SMILES string of the molecule is CCCNC(=O)[C@@H]1[C@@H]2CCC3(O2)C(C(=O)NCn2nnc4ccccc42)N([C@H](CO)c2ccccc2)C(=O)[C@H]13. The standard InChI is InChI=1S/C28H32N6O5/c1-2-14-29-25(36)22-21-12-13-28(39-21)23(22)27(38)34(20(15-35)17-8-4-3-5-9-17)24(28)26(37)30-16-33-19-11-7-6-10-18(19)31-32-33/h3-11,20-24,35H,2,12-16H2,1H3,(H,29,36)(H,30,37)/t20-,21+,22-,23+,24?,28?/m1/s1. The van der Waals surface area contributed by atoms with Crippen LogP contribution in [-0.4, -0.2) is 73.6 Å². The lowest BCUT2D eigenvalue weighted by Gasteiger charge is -2.36. The van der Waals surface area contributed by atoms with E-state index in [1.807, 2.05) is 61.5 Å². The third-order valence-corrected chi connectivity index (χ3v) is 8.35. The van der Waals surface area contributed by atoms with Gasteiger partial charge in [-0.3, -0.25) is 14.4 Å². The number of nitrogens with zero attached hydrogens (tertiary/aromatic N) is 4. The van der Waals surface area contributed by atoms with E-state index in [9.17, 15) is 19.5 Å². The van der Waals surface area contributed by atoms with E-state index in [-0.39, 0.29) is 25.1 Å². The van der Waals surface area contributed by atoms with Crippen molar-refractivity contribution in [3.8, 4) is 0 Å². The predicted octanol–water partition coefficient (Wildman–Crippen LogP) is 1.14. The minimum atomic E-state index is -1.16. The zero-order valence-corrected chi connectivity index (χ0v) is 21.7. The molecule has 2 unspecified atom stereocenters. The number of aliphatic hydroxyl groups excluding tert-OH is 1. The molecular formula is C28H32N6O5. The van der Waals surface area contributed by atoms with Gasteiger partial charge in [-0.25, -0.2) is 4.68 Å². The molecule has 6 rings (SSSR count). The summed E-state index contributed by atoms with van der Waals surface area (Å²) in [6.45, 7) is 2.12. The van der Waals surface area contributed by atoms with Crippen LogP contribution in [0.5, 0.6) is 0 Å². The summed E-state index contributed by atoms with van der Waals surface area (Å²) in [5, 5.41) is 24.7. The highest BCUT2D eigenvalue weighted by Crippen LogP contribution is 2.59. The molecule has 0 aliphatic carbocycles. The Morgan fingerprint density at radius 1 is 1.13 bits per heavy atom. The minimum Gasteiger partial charge on any atom is -0.394 e. The molecule has 0 radical (unpaired) electrons. The number of hydrogen-bond acceptors (Lipinski definition) is 7. The van der Waals surface area contributed by atoms with Gasteiger partial charge in [0.05, 0.1) is 36.1 Å². The quantitative estimate of drug-likeness (QED) is 0.376. The molecule has 0 saturated carbocycles. The maximum Gasteiger partial charge on any atom is 0.247 e. The Labute approximate surface area is 225 Å². The highest BCUT2D eigenvalue weighted by Gasteiger charge is 2.75. The fourth-order valence-electron chi connectivity index (χ4n) is 6.71. The van der Waals surface area contributed by atoms with E-state index in [4.69, 9.17) is 4.74 Å². The molecule has 1 spiro atoms. The van der Waals surface area contributed by atoms with Crippen LogP contribution >= 0.6 is 0 Å². The lowest BCUT2D eigenvalue weighted by atomic mass is 9.70. The summed E-state index contributed by atoms with van der Waals surface area (Å²) in [6, 6.07) is 14.8. The van der Waals surface area contributed by atoms with Gasteiger partial charge >= 0.3 is 0 Å². The molecule has 3 saturated heterocycles. The Hall–Kier alpha value is -3.83. The van der Waals surface area contributed by atoms with E-state index in [0.717, 1.165) is 11.9 Å². The Morgan fingerprint density at radius 2 is 1.90 bits per heavy atom. The number of carbonyl (C=O) groups excluding carboxylic acids is 3.